The highest BCUT2D eigenvalue weighted by Gasteiger charge is 2.34. The van der Waals surface area contributed by atoms with Crippen LogP contribution >= 0.6 is 0 Å². The van der Waals surface area contributed by atoms with Crippen LogP contribution in [0.1, 0.15) is 30.4 Å². The van der Waals surface area contributed by atoms with Crippen LogP contribution in [0.25, 0.3) is 0 Å². The average Bonchev–Trinajstić information content (AvgIpc) is 2.82. The number of carbonyl (C=O) groups excluding carboxylic acids is 2. The van der Waals surface area contributed by atoms with Crippen molar-refractivity contribution in [3.05, 3.63) is 59.7 Å². The third kappa shape index (κ3) is 5.69. The molecule has 7 nitrogen and oxygen atoms in total. The lowest BCUT2D eigenvalue weighted by molar-refractivity contribution is -0.126. The highest BCUT2D eigenvalue weighted by molar-refractivity contribution is 5.81. The van der Waals surface area contributed by atoms with Gasteiger partial charge in [0, 0.05) is 32.1 Å². The number of methoxy groups -OCH3 is 2. The number of piperidine rings is 1. The zero-order valence-corrected chi connectivity index (χ0v) is 18.4. The predicted octanol–water partition coefficient (Wildman–Crippen LogP) is 3.16. The Morgan fingerprint density at radius 2 is 1.74 bits per heavy atom. The normalized spacial score (nSPS) is 18.2. The molecule has 0 aromatic heterocycles. The van der Waals surface area contributed by atoms with E-state index in [2.05, 4.69) is 10.6 Å². The second kappa shape index (κ2) is 10.7. The van der Waals surface area contributed by atoms with Gasteiger partial charge in [0.15, 0.2) is 11.5 Å². The fourth-order valence-electron chi connectivity index (χ4n) is 4.00. The summed E-state index contributed by atoms with van der Waals surface area (Å²) < 4.78 is 10.8. The molecule has 1 saturated heterocycles. The number of amides is 3. The summed E-state index contributed by atoms with van der Waals surface area (Å²) in [7, 11) is 3.20. The molecule has 2 aromatic carbocycles. The number of nitrogens with zero attached hydrogens (tertiary/aromatic N) is 1. The van der Waals surface area contributed by atoms with Crippen LogP contribution in [0, 0.1) is 5.92 Å². The van der Waals surface area contributed by atoms with Crippen molar-refractivity contribution < 1.29 is 19.1 Å². The molecule has 31 heavy (non-hydrogen) atoms. The third-order valence-corrected chi connectivity index (χ3v) is 5.63. The van der Waals surface area contributed by atoms with Crippen molar-refractivity contribution in [1.82, 2.24) is 15.5 Å². The van der Waals surface area contributed by atoms with E-state index in [4.69, 9.17) is 9.47 Å². The Labute approximate surface area is 183 Å². The summed E-state index contributed by atoms with van der Waals surface area (Å²) in [5.41, 5.74) is 2.07. The maximum Gasteiger partial charge on any atom is 0.317 e. The van der Waals surface area contributed by atoms with E-state index >= 15 is 0 Å². The molecule has 1 aliphatic rings. The largest absolute Gasteiger partial charge is 0.493 e. The molecule has 0 spiro atoms. The van der Waals surface area contributed by atoms with E-state index in [0.29, 0.717) is 44.1 Å². The molecule has 3 amide bonds. The molecular formula is C24H31N3O4. The van der Waals surface area contributed by atoms with Crippen LogP contribution in [-0.2, 0) is 11.3 Å². The first-order chi connectivity index (χ1) is 15.0. The monoisotopic (exact) mass is 425 g/mol. The Hall–Kier alpha value is -3.22. The average molecular weight is 426 g/mol. The molecule has 2 unspecified atom stereocenters. The van der Waals surface area contributed by atoms with Crippen LogP contribution in [0.3, 0.4) is 0 Å². The Kier molecular flexibility index (Phi) is 7.76. The summed E-state index contributed by atoms with van der Waals surface area (Å²) in [6.07, 6.45) is 0.659. The number of nitrogens with one attached hydrogen (secondary N) is 2. The molecular weight excluding hydrogens is 394 g/mol. The van der Waals surface area contributed by atoms with Gasteiger partial charge in [-0.05, 0) is 36.6 Å². The SMILES string of the molecule is CCNC(=O)N1CC(C(=O)NCc2ccccc2)CC(c2ccc(OC)c(OC)c2)C1. The Morgan fingerprint density at radius 3 is 2.42 bits per heavy atom. The van der Waals surface area contributed by atoms with Crippen molar-refractivity contribution in [2.45, 2.75) is 25.8 Å². The quantitative estimate of drug-likeness (QED) is 0.714. The van der Waals surface area contributed by atoms with Crippen molar-refractivity contribution in [2.24, 2.45) is 5.92 Å². The molecule has 1 heterocycles. The van der Waals surface area contributed by atoms with Crippen LogP contribution in [0.15, 0.2) is 48.5 Å². The summed E-state index contributed by atoms with van der Waals surface area (Å²) in [6, 6.07) is 15.4. The molecule has 2 atom stereocenters. The van der Waals surface area contributed by atoms with Gasteiger partial charge >= 0.3 is 6.03 Å². The number of carbonyl (C=O) groups is 2. The van der Waals surface area contributed by atoms with E-state index < -0.39 is 0 Å². The van der Waals surface area contributed by atoms with Crippen LogP contribution < -0.4 is 20.1 Å². The van der Waals surface area contributed by atoms with Gasteiger partial charge in [-0.2, -0.15) is 0 Å². The van der Waals surface area contributed by atoms with Crippen molar-refractivity contribution in [3.8, 4) is 11.5 Å². The summed E-state index contributed by atoms with van der Waals surface area (Å²) in [5, 5.41) is 5.89. The van der Waals surface area contributed by atoms with Gasteiger partial charge in [0.2, 0.25) is 5.91 Å². The number of benzene rings is 2. The first-order valence-corrected chi connectivity index (χ1v) is 10.6. The van der Waals surface area contributed by atoms with Gasteiger partial charge < -0.3 is 25.0 Å². The van der Waals surface area contributed by atoms with Crippen molar-refractivity contribution >= 4 is 11.9 Å². The summed E-state index contributed by atoms with van der Waals surface area (Å²) in [4.78, 5) is 27.3. The molecule has 2 aromatic rings. The van der Waals surface area contributed by atoms with E-state index in [0.717, 1.165) is 11.1 Å². The molecule has 0 aliphatic carbocycles. The number of ether oxygens (including phenoxy) is 2. The van der Waals surface area contributed by atoms with Crippen molar-refractivity contribution in [2.75, 3.05) is 33.9 Å². The first kappa shape index (κ1) is 22.5. The molecule has 1 fully saturated rings. The van der Waals surface area contributed by atoms with E-state index in [1.807, 2.05) is 55.5 Å². The molecule has 7 heteroatoms. The highest BCUT2D eigenvalue weighted by Crippen LogP contribution is 2.35. The van der Waals surface area contributed by atoms with Gasteiger partial charge in [-0.3, -0.25) is 4.79 Å². The molecule has 1 aliphatic heterocycles. The van der Waals surface area contributed by atoms with Crippen molar-refractivity contribution in [1.29, 1.82) is 0 Å². The topological polar surface area (TPSA) is 79.9 Å². The molecule has 0 saturated carbocycles. The fraction of sp³-hybridized carbons (Fsp3) is 0.417. The summed E-state index contributed by atoms with van der Waals surface area (Å²) >= 11 is 0. The first-order valence-electron chi connectivity index (χ1n) is 10.6. The van der Waals surface area contributed by atoms with Crippen LogP contribution in [0.2, 0.25) is 0 Å². The summed E-state index contributed by atoms with van der Waals surface area (Å²) in [6.45, 7) is 3.84. The van der Waals surface area contributed by atoms with Crippen LogP contribution in [-0.4, -0.2) is 50.7 Å². The lowest BCUT2D eigenvalue weighted by atomic mass is 9.84. The molecule has 2 N–H and O–H groups in total. The number of urea groups is 1. The Morgan fingerprint density at radius 1 is 1.00 bits per heavy atom. The number of hydrogen-bond acceptors (Lipinski definition) is 4. The van der Waals surface area contributed by atoms with Crippen molar-refractivity contribution in [3.63, 3.8) is 0 Å². The minimum atomic E-state index is -0.293. The lowest BCUT2D eigenvalue weighted by Crippen LogP contribution is -2.51. The predicted molar refractivity (Wildman–Crippen MR) is 119 cm³/mol. The van der Waals surface area contributed by atoms with Crippen LogP contribution in [0.5, 0.6) is 11.5 Å². The van der Waals surface area contributed by atoms with Gasteiger partial charge in [0.1, 0.15) is 0 Å². The minimum absolute atomic E-state index is 0.0173. The zero-order valence-electron chi connectivity index (χ0n) is 18.4. The van der Waals surface area contributed by atoms with E-state index in [9.17, 15) is 9.59 Å². The van der Waals surface area contributed by atoms with Gasteiger partial charge in [0.05, 0.1) is 20.1 Å². The third-order valence-electron chi connectivity index (χ3n) is 5.63. The molecule has 0 radical (unpaired) electrons. The lowest BCUT2D eigenvalue weighted by Gasteiger charge is -2.37. The highest BCUT2D eigenvalue weighted by atomic mass is 16.5. The van der Waals surface area contributed by atoms with E-state index in [1.165, 1.54) is 0 Å². The molecule has 166 valence electrons. The van der Waals surface area contributed by atoms with Gasteiger partial charge in [0.25, 0.3) is 0 Å². The van der Waals surface area contributed by atoms with E-state index in [1.54, 1.807) is 19.1 Å². The number of likely N-dealkylation sites (tertiary alicyclic amines) is 1. The maximum atomic E-state index is 13.0. The van der Waals surface area contributed by atoms with Gasteiger partial charge in [-0.15, -0.1) is 0 Å². The minimum Gasteiger partial charge on any atom is -0.493 e. The number of rotatable bonds is 7. The summed E-state index contributed by atoms with van der Waals surface area (Å²) in [5.74, 6) is 0.977. The maximum absolute atomic E-state index is 13.0. The van der Waals surface area contributed by atoms with Gasteiger partial charge in [-0.25, -0.2) is 4.79 Å². The zero-order chi connectivity index (χ0) is 22.2. The van der Waals surface area contributed by atoms with E-state index in [-0.39, 0.29) is 23.8 Å². The van der Waals surface area contributed by atoms with Gasteiger partial charge in [-0.1, -0.05) is 36.4 Å². The number of hydrogen-bond donors (Lipinski definition) is 2. The molecule has 0 bridgehead atoms. The standard InChI is InChI=1S/C24H31N3O4/c1-4-25-24(29)27-15-19(18-10-11-21(30-2)22(13-18)31-3)12-20(16-27)23(28)26-14-17-8-6-5-7-9-17/h5-11,13,19-20H,4,12,14-16H2,1-3H3,(H,25,29)(H,26,28). The Balaban J connectivity index is 1.77. The molecule has 3 rings (SSSR count). The second-order valence-corrected chi connectivity index (χ2v) is 7.69. The Bertz CT molecular complexity index is 888. The second-order valence-electron chi connectivity index (χ2n) is 7.69. The van der Waals surface area contributed by atoms with Crippen LogP contribution in [0.4, 0.5) is 4.79 Å². The smallest absolute Gasteiger partial charge is 0.317 e. The fourth-order valence-corrected chi connectivity index (χ4v) is 4.00.